The van der Waals surface area contributed by atoms with E-state index in [4.69, 9.17) is 10.5 Å². The Hall–Kier alpha value is -0.740. The number of rotatable bonds is 4. The summed E-state index contributed by atoms with van der Waals surface area (Å²) in [7, 11) is 1.66. The lowest BCUT2D eigenvalue weighted by Crippen LogP contribution is -2.07. The van der Waals surface area contributed by atoms with Gasteiger partial charge in [-0.15, -0.1) is 11.8 Å². The minimum absolute atomic E-state index is 0.167. The van der Waals surface area contributed by atoms with E-state index in [2.05, 4.69) is 0 Å². The van der Waals surface area contributed by atoms with Crippen molar-refractivity contribution in [2.24, 2.45) is 0 Å². The molecule has 2 nitrogen and oxygen atoms in total. The van der Waals surface area contributed by atoms with Crippen LogP contribution < -0.4 is 5.73 Å². The van der Waals surface area contributed by atoms with Crippen LogP contribution >= 0.6 is 11.8 Å². The molecule has 14 heavy (non-hydrogen) atoms. The van der Waals surface area contributed by atoms with Crippen molar-refractivity contribution < 1.29 is 9.13 Å². The van der Waals surface area contributed by atoms with Gasteiger partial charge in [0, 0.05) is 17.8 Å². The van der Waals surface area contributed by atoms with Crippen LogP contribution in [0.1, 0.15) is 6.92 Å². The lowest BCUT2D eigenvalue weighted by molar-refractivity contribution is 0.138. The van der Waals surface area contributed by atoms with E-state index >= 15 is 0 Å². The quantitative estimate of drug-likeness (QED) is 0.619. The van der Waals surface area contributed by atoms with Gasteiger partial charge in [0.1, 0.15) is 5.82 Å². The van der Waals surface area contributed by atoms with E-state index in [1.165, 1.54) is 6.07 Å². The molecule has 1 aromatic rings. The summed E-state index contributed by atoms with van der Waals surface area (Å²) in [5.41, 5.74) is 5.55. The zero-order valence-corrected chi connectivity index (χ0v) is 9.10. The molecule has 0 aliphatic heterocycles. The number of nitrogen functional groups attached to an aromatic ring is 1. The molecule has 1 unspecified atom stereocenters. The van der Waals surface area contributed by atoms with E-state index in [0.717, 1.165) is 10.6 Å². The summed E-state index contributed by atoms with van der Waals surface area (Å²) < 4.78 is 18.1. The molecular formula is C10H14FNOS. The zero-order chi connectivity index (χ0) is 10.6. The van der Waals surface area contributed by atoms with Gasteiger partial charge < -0.3 is 10.5 Å². The van der Waals surface area contributed by atoms with Crippen LogP contribution in [0, 0.1) is 5.82 Å². The highest BCUT2D eigenvalue weighted by atomic mass is 32.2. The van der Waals surface area contributed by atoms with Crippen molar-refractivity contribution in [1.29, 1.82) is 0 Å². The molecule has 1 aromatic carbocycles. The van der Waals surface area contributed by atoms with Crippen molar-refractivity contribution in [3.8, 4) is 0 Å². The molecule has 1 atom stereocenters. The summed E-state index contributed by atoms with van der Waals surface area (Å²) in [6.45, 7) is 1.97. The van der Waals surface area contributed by atoms with Crippen molar-refractivity contribution >= 4 is 17.4 Å². The van der Waals surface area contributed by atoms with Gasteiger partial charge in [0.2, 0.25) is 0 Å². The third-order valence-electron chi connectivity index (χ3n) is 1.86. The minimum Gasteiger partial charge on any atom is -0.396 e. The van der Waals surface area contributed by atoms with Crippen LogP contribution in [-0.2, 0) is 4.74 Å². The molecule has 0 amide bonds. The number of halogens is 1. The number of thioether (sulfide) groups is 1. The third kappa shape index (κ3) is 3.20. The Kier molecular flexibility index (Phi) is 4.22. The second-order valence-corrected chi connectivity index (χ2v) is 4.13. The molecule has 0 saturated carbocycles. The third-order valence-corrected chi connectivity index (χ3v) is 3.08. The van der Waals surface area contributed by atoms with E-state index in [1.807, 2.05) is 13.0 Å². The first kappa shape index (κ1) is 11.3. The molecule has 0 aromatic heterocycles. The Morgan fingerprint density at radius 3 is 2.86 bits per heavy atom. The van der Waals surface area contributed by atoms with Crippen molar-refractivity contribution in [3.63, 3.8) is 0 Å². The van der Waals surface area contributed by atoms with Crippen LogP contribution in [0.5, 0.6) is 0 Å². The first-order valence-electron chi connectivity index (χ1n) is 4.34. The fourth-order valence-corrected chi connectivity index (χ4v) is 1.79. The molecule has 0 saturated heterocycles. The Balaban J connectivity index is 2.55. The van der Waals surface area contributed by atoms with Crippen LogP contribution in [0.3, 0.4) is 0 Å². The van der Waals surface area contributed by atoms with Gasteiger partial charge >= 0.3 is 0 Å². The molecule has 1 rings (SSSR count). The number of hydrogen-bond donors (Lipinski definition) is 1. The van der Waals surface area contributed by atoms with Crippen molar-refractivity contribution in [2.75, 3.05) is 18.6 Å². The largest absolute Gasteiger partial charge is 0.396 e. The van der Waals surface area contributed by atoms with Crippen LogP contribution in [-0.4, -0.2) is 19.0 Å². The van der Waals surface area contributed by atoms with Gasteiger partial charge in [0.15, 0.2) is 0 Å². The molecule has 0 spiro atoms. The molecule has 4 heteroatoms. The number of nitrogens with two attached hydrogens (primary N) is 1. The van der Waals surface area contributed by atoms with Crippen LogP contribution in [0.25, 0.3) is 0 Å². The van der Waals surface area contributed by atoms with E-state index in [9.17, 15) is 4.39 Å². The fourth-order valence-electron chi connectivity index (χ4n) is 0.879. The van der Waals surface area contributed by atoms with E-state index in [1.54, 1.807) is 24.9 Å². The number of methoxy groups -OCH3 is 1. The summed E-state index contributed by atoms with van der Waals surface area (Å²) in [5, 5.41) is 0. The maximum atomic E-state index is 13.0. The summed E-state index contributed by atoms with van der Waals surface area (Å²) in [6, 6.07) is 4.84. The Bertz CT molecular complexity index is 306. The van der Waals surface area contributed by atoms with Gasteiger partial charge in [-0.2, -0.15) is 0 Å². The van der Waals surface area contributed by atoms with Crippen LogP contribution in [0.2, 0.25) is 0 Å². The topological polar surface area (TPSA) is 35.2 Å². The average molecular weight is 215 g/mol. The number of anilines is 1. The van der Waals surface area contributed by atoms with E-state index in [0.29, 0.717) is 0 Å². The first-order valence-corrected chi connectivity index (χ1v) is 5.32. The summed E-state index contributed by atoms with van der Waals surface area (Å²) in [6.07, 6.45) is 0.167. The van der Waals surface area contributed by atoms with Gasteiger partial charge in [-0.25, -0.2) is 4.39 Å². The molecule has 0 aliphatic rings. The maximum absolute atomic E-state index is 13.0. The molecule has 0 heterocycles. The van der Waals surface area contributed by atoms with Gasteiger partial charge in [-0.3, -0.25) is 0 Å². The van der Waals surface area contributed by atoms with E-state index in [-0.39, 0.29) is 17.6 Å². The van der Waals surface area contributed by atoms with Gasteiger partial charge in [-0.1, -0.05) is 0 Å². The lowest BCUT2D eigenvalue weighted by atomic mass is 10.3. The smallest absolute Gasteiger partial charge is 0.147 e. The van der Waals surface area contributed by atoms with Crippen LogP contribution in [0.15, 0.2) is 23.1 Å². The summed E-state index contributed by atoms with van der Waals surface area (Å²) in [4.78, 5) is 0.876. The highest BCUT2D eigenvalue weighted by Crippen LogP contribution is 2.22. The average Bonchev–Trinajstić information content (AvgIpc) is 2.19. The monoisotopic (exact) mass is 215 g/mol. The van der Waals surface area contributed by atoms with Crippen LogP contribution in [0.4, 0.5) is 10.1 Å². The highest BCUT2D eigenvalue weighted by Gasteiger charge is 2.03. The standard InChI is InChI=1S/C10H14FNOS/c1-7(13-2)6-14-8-3-4-10(12)9(11)5-8/h3-5,7H,6,12H2,1-2H3. The molecular weight excluding hydrogens is 201 g/mol. The van der Waals surface area contributed by atoms with Crippen molar-refractivity contribution in [1.82, 2.24) is 0 Å². The Morgan fingerprint density at radius 1 is 1.57 bits per heavy atom. The molecule has 0 fully saturated rings. The van der Waals surface area contributed by atoms with Crippen molar-refractivity contribution in [3.05, 3.63) is 24.0 Å². The fraction of sp³-hybridized carbons (Fsp3) is 0.400. The molecule has 0 aliphatic carbocycles. The normalized spacial score (nSPS) is 12.8. The zero-order valence-electron chi connectivity index (χ0n) is 8.29. The predicted octanol–water partition coefficient (Wildman–Crippen LogP) is 2.53. The van der Waals surface area contributed by atoms with Crippen molar-refractivity contribution in [2.45, 2.75) is 17.9 Å². The van der Waals surface area contributed by atoms with Gasteiger partial charge in [0.05, 0.1) is 11.8 Å². The van der Waals surface area contributed by atoms with Gasteiger partial charge in [-0.05, 0) is 25.1 Å². The van der Waals surface area contributed by atoms with Gasteiger partial charge in [0.25, 0.3) is 0 Å². The lowest BCUT2D eigenvalue weighted by Gasteiger charge is -2.08. The molecule has 78 valence electrons. The summed E-state index contributed by atoms with van der Waals surface area (Å²) in [5.74, 6) is 0.444. The summed E-state index contributed by atoms with van der Waals surface area (Å²) >= 11 is 1.56. The minimum atomic E-state index is -0.361. The predicted molar refractivity (Wildman–Crippen MR) is 58.0 cm³/mol. The maximum Gasteiger partial charge on any atom is 0.147 e. The highest BCUT2D eigenvalue weighted by molar-refractivity contribution is 7.99. The number of benzene rings is 1. The Morgan fingerprint density at radius 2 is 2.29 bits per heavy atom. The SMILES string of the molecule is COC(C)CSc1ccc(N)c(F)c1. The first-order chi connectivity index (χ1) is 6.63. The second-order valence-electron chi connectivity index (χ2n) is 3.04. The molecule has 0 radical (unpaired) electrons. The molecule has 2 N–H and O–H groups in total. The second kappa shape index (κ2) is 5.22. The Labute approximate surface area is 87.6 Å². The molecule has 0 bridgehead atoms. The number of hydrogen-bond acceptors (Lipinski definition) is 3. The van der Waals surface area contributed by atoms with E-state index < -0.39 is 0 Å². The number of ether oxygens (including phenoxy) is 1.